The summed E-state index contributed by atoms with van der Waals surface area (Å²) in [4.78, 5) is 15.3. The molecule has 0 bridgehead atoms. The van der Waals surface area contributed by atoms with E-state index in [0.717, 1.165) is 27.6 Å². The van der Waals surface area contributed by atoms with Gasteiger partial charge in [0, 0.05) is 49.6 Å². The molecule has 0 aliphatic carbocycles. The summed E-state index contributed by atoms with van der Waals surface area (Å²) in [6.45, 7) is 2.91. The molecule has 1 fully saturated rings. The van der Waals surface area contributed by atoms with Crippen molar-refractivity contribution in [1.29, 1.82) is 0 Å². The largest absolute Gasteiger partial charge is 0.493 e. The molecule has 0 N–H and O–H groups in total. The van der Waals surface area contributed by atoms with E-state index in [1.54, 1.807) is 7.11 Å². The standard InChI is InChI=1S/C30H32N2O4/c1-31-20-26(24-10-6-7-11-27(24)31)25(19-30(33)32-14-16-35-17-15-32)23-12-13-28(29(18-23)34-2)36-21-22-8-4-3-5-9-22/h3-13,18,20,25H,14-17,19,21H2,1-2H3. The van der Waals surface area contributed by atoms with E-state index in [2.05, 4.69) is 29.0 Å². The fourth-order valence-electron chi connectivity index (χ4n) is 4.93. The van der Waals surface area contributed by atoms with Gasteiger partial charge in [0.1, 0.15) is 6.61 Å². The molecule has 36 heavy (non-hydrogen) atoms. The highest BCUT2D eigenvalue weighted by Gasteiger charge is 2.26. The third kappa shape index (κ3) is 5.09. The van der Waals surface area contributed by atoms with Gasteiger partial charge < -0.3 is 23.7 Å². The molecule has 2 heterocycles. The Kier molecular flexibility index (Phi) is 7.23. The number of hydrogen-bond acceptors (Lipinski definition) is 4. The number of nitrogens with zero attached hydrogens (tertiary/aromatic N) is 2. The van der Waals surface area contributed by atoms with Crippen LogP contribution in [0.2, 0.25) is 0 Å². The van der Waals surface area contributed by atoms with Gasteiger partial charge in [-0.15, -0.1) is 0 Å². The number of methoxy groups -OCH3 is 1. The smallest absolute Gasteiger partial charge is 0.223 e. The fourth-order valence-corrected chi connectivity index (χ4v) is 4.93. The molecule has 5 rings (SSSR count). The number of ether oxygens (including phenoxy) is 3. The Morgan fingerprint density at radius 2 is 1.72 bits per heavy atom. The number of benzene rings is 3. The van der Waals surface area contributed by atoms with Gasteiger partial charge in [0.2, 0.25) is 5.91 Å². The van der Waals surface area contributed by atoms with Crippen LogP contribution >= 0.6 is 0 Å². The van der Waals surface area contributed by atoms with Crippen LogP contribution in [0.5, 0.6) is 11.5 Å². The maximum atomic E-state index is 13.4. The summed E-state index contributed by atoms with van der Waals surface area (Å²) in [5.74, 6) is 1.36. The Morgan fingerprint density at radius 1 is 0.972 bits per heavy atom. The zero-order chi connectivity index (χ0) is 24.9. The summed E-state index contributed by atoms with van der Waals surface area (Å²) in [5.41, 5.74) is 4.39. The minimum Gasteiger partial charge on any atom is -0.493 e. The lowest BCUT2D eigenvalue weighted by molar-refractivity contribution is -0.135. The lowest BCUT2D eigenvalue weighted by Gasteiger charge is -2.29. The molecule has 6 nitrogen and oxygen atoms in total. The molecule has 4 aromatic rings. The number of morpholine rings is 1. The first-order valence-electron chi connectivity index (χ1n) is 12.4. The summed E-state index contributed by atoms with van der Waals surface area (Å²) in [5, 5.41) is 1.16. The number of carbonyl (C=O) groups excluding carboxylic acids is 1. The van der Waals surface area contributed by atoms with E-state index >= 15 is 0 Å². The van der Waals surface area contributed by atoms with E-state index in [4.69, 9.17) is 14.2 Å². The molecule has 1 atom stereocenters. The first-order valence-corrected chi connectivity index (χ1v) is 12.4. The van der Waals surface area contributed by atoms with E-state index in [9.17, 15) is 4.79 Å². The number of amides is 1. The molecule has 0 saturated carbocycles. The van der Waals surface area contributed by atoms with Crippen LogP contribution in [0.15, 0.2) is 79.0 Å². The van der Waals surface area contributed by atoms with Gasteiger partial charge in [0.05, 0.1) is 20.3 Å². The number of aryl methyl sites for hydroxylation is 1. The molecule has 1 aliphatic rings. The van der Waals surface area contributed by atoms with Crippen LogP contribution in [0.4, 0.5) is 0 Å². The lowest BCUT2D eigenvalue weighted by atomic mass is 9.87. The third-order valence-corrected chi connectivity index (χ3v) is 6.87. The van der Waals surface area contributed by atoms with Crippen molar-refractivity contribution in [2.24, 2.45) is 7.05 Å². The number of hydrogen-bond donors (Lipinski definition) is 0. The third-order valence-electron chi connectivity index (χ3n) is 6.87. The Balaban J connectivity index is 1.48. The molecule has 1 aromatic heterocycles. The normalized spacial score (nSPS) is 14.6. The summed E-state index contributed by atoms with van der Waals surface area (Å²) >= 11 is 0. The van der Waals surface area contributed by atoms with Gasteiger partial charge in [-0.05, 0) is 34.9 Å². The maximum Gasteiger partial charge on any atom is 0.223 e. The highest BCUT2D eigenvalue weighted by molar-refractivity contribution is 5.86. The minimum absolute atomic E-state index is 0.122. The second-order valence-electron chi connectivity index (χ2n) is 9.15. The number of para-hydroxylation sites is 1. The second kappa shape index (κ2) is 10.9. The van der Waals surface area contributed by atoms with Crippen LogP contribution in [0.25, 0.3) is 10.9 Å². The first-order chi connectivity index (χ1) is 17.6. The van der Waals surface area contributed by atoms with E-state index in [-0.39, 0.29) is 11.8 Å². The second-order valence-corrected chi connectivity index (χ2v) is 9.15. The van der Waals surface area contributed by atoms with Crippen molar-refractivity contribution in [3.63, 3.8) is 0 Å². The monoisotopic (exact) mass is 484 g/mol. The van der Waals surface area contributed by atoms with Gasteiger partial charge in [0.15, 0.2) is 11.5 Å². The van der Waals surface area contributed by atoms with Crippen molar-refractivity contribution in [2.45, 2.75) is 18.9 Å². The molecule has 1 amide bonds. The van der Waals surface area contributed by atoms with Gasteiger partial charge in [-0.3, -0.25) is 4.79 Å². The first kappa shape index (κ1) is 23.9. The average molecular weight is 485 g/mol. The van der Waals surface area contributed by atoms with Gasteiger partial charge in [0.25, 0.3) is 0 Å². The number of fused-ring (bicyclic) bond motifs is 1. The molecule has 186 valence electrons. The van der Waals surface area contributed by atoms with Crippen molar-refractivity contribution >= 4 is 16.8 Å². The predicted octanol–water partition coefficient (Wildman–Crippen LogP) is 5.15. The maximum absolute atomic E-state index is 13.4. The Hall–Kier alpha value is -3.77. The average Bonchev–Trinajstić information content (AvgIpc) is 3.27. The number of aromatic nitrogens is 1. The molecule has 1 saturated heterocycles. The van der Waals surface area contributed by atoms with Crippen molar-refractivity contribution in [1.82, 2.24) is 9.47 Å². The van der Waals surface area contributed by atoms with Crippen molar-refractivity contribution < 1.29 is 19.0 Å². The zero-order valence-electron chi connectivity index (χ0n) is 20.9. The van der Waals surface area contributed by atoms with Crippen LogP contribution in [0, 0.1) is 0 Å². The summed E-state index contributed by atoms with van der Waals surface area (Å²) in [7, 11) is 3.70. The van der Waals surface area contributed by atoms with E-state index in [1.807, 2.05) is 66.5 Å². The minimum atomic E-state index is -0.122. The topological polar surface area (TPSA) is 52.9 Å². The Morgan fingerprint density at radius 3 is 2.50 bits per heavy atom. The van der Waals surface area contributed by atoms with E-state index in [1.165, 1.54) is 0 Å². The van der Waals surface area contributed by atoms with Crippen LogP contribution < -0.4 is 9.47 Å². The number of carbonyl (C=O) groups is 1. The van der Waals surface area contributed by atoms with Crippen LogP contribution in [-0.4, -0.2) is 48.8 Å². The molecule has 1 unspecified atom stereocenters. The summed E-state index contributed by atoms with van der Waals surface area (Å²) in [6.07, 6.45) is 2.52. The summed E-state index contributed by atoms with van der Waals surface area (Å²) < 4.78 is 19.4. The fraction of sp³-hybridized carbons (Fsp3) is 0.300. The molecule has 3 aromatic carbocycles. The van der Waals surface area contributed by atoms with Crippen LogP contribution in [0.1, 0.15) is 29.0 Å². The molecule has 6 heteroatoms. The van der Waals surface area contributed by atoms with Crippen LogP contribution in [-0.2, 0) is 23.2 Å². The Bertz CT molecular complexity index is 1330. The Labute approximate surface area is 212 Å². The van der Waals surface area contributed by atoms with Crippen molar-refractivity contribution in [2.75, 3.05) is 33.4 Å². The van der Waals surface area contributed by atoms with Crippen molar-refractivity contribution in [3.8, 4) is 11.5 Å². The van der Waals surface area contributed by atoms with Gasteiger partial charge in [-0.25, -0.2) is 0 Å². The van der Waals surface area contributed by atoms with Gasteiger partial charge in [-0.1, -0.05) is 54.6 Å². The van der Waals surface area contributed by atoms with Crippen molar-refractivity contribution in [3.05, 3.63) is 95.7 Å². The lowest BCUT2D eigenvalue weighted by Crippen LogP contribution is -2.41. The molecule has 0 spiro atoms. The quantitative estimate of drug-likeness (QED) is 0.347. The van der Waals surface area contributed by atoms with E-state index < -0.39 is 0 Å². The highest BCUT2D eigenvalue weighted by atomic mass is 16.5. The van der Waals surface area contributed by atoms with Gasteiger partial charge >= 0.3 is 0 Å². The van der Waals surface area contributed by atoms with Gasteiger partial charge in [-0.2, -0.15) is 0 Å². The zero-order valence-corrected chi connectivity index (χ0v) is 20.9. The molecular formula is C30H32N2O4. The predicted molar refractivity (Wildman–Crippen MR) is 141 cm³/mol. The molecular weight excluding hydrogens is 452 g/mol. The SMILES string of the molecule is COc1cc(C(CC(=O)N2CCOCC2)c2cn(C)c3ccccc23)ccc1OCc1ccccc1. The summed E-state index contributed by atoms with van der Waals surface area (Å²) in [6, 6.07) is 24.4. The van der Waals surface area contributed by atoms with Crippen LogP contribution in [0.3, 0.4) is 0 Å². The molecule has 1 aliphatic heterocycles. The number of rotatable bonds is 8. The molecule has 0 radical (unpaired) electrons. The van der Waals surface area contributed by atoms with E-state index in [0.29, 0.717) is 50.8 Å². The highest BCUT2D eigenvalue weighted by Crippen LogP contribution is 2.39.